The first kappa shape index (κ1) is 19.4. The van der Waals surface area contributed by atoms with Gasteiger partial charge in [-0.3, -0.25) is 19.3 Å². The van der Waals surface area contributed by atoms with Gasteiger partial charge in [-0.25, -0.2) is 4.98 Å². The third kappa shape index (κ3) is 5.08. The number of thiazole rings is 1. The van der Waals surface area contributed by atoms with Gasteiger partial charge in [-0.1, -0.05) is 0 Å². The van der Waals surface area contributed by atoms with Crippen molar-refractivity contribution in [1.29, 1.82) is 0 Å². The van der Waals surface area contributed by atoms with Crippen LogP contribution in [0, 0.1) is 0 Å². The Hall–Kier alpha value is -2.39. The minimum Gasteiger partial charge on any atom is -0.339 e. The maximum atomic E-state index is 12.2. The van der Waals surface area contributed by atoms with Crippen molar-refractivity contribution < 1.29 is 14.4 Å². The van der Waals surface area contributed by atoms with Gasteiger partial charge in [-0.15, -0.1) is 11.3 Å². The van der Waals surface area contributed by atoms with Crippen molar-refractivity contribution in [3.8, 4) is 0 Å². The summed E-state index contributed by atoms with van der Waals surface area (Å²) in [6.45, 7) is 0.693. The van der Waals surface area contributed by atoms with Crippen molar-refractivity contribution in [2.75, 3.05) is 30.9 Å². The molecule has 0 spiro atoms. The molecule has 0 unspecified atom stereocenters. The van der Waals surface area contributed by atoms with Crippen molar-refractivity contribution in [3.05, 3.63) is 35.3 Å². The molecule has 7 nitrogen and oxygen atoms in total. The first-order valence-corrected chi connectivity index (χ1v) is 10.2. The number of nitrogens with zero attached hydrogens (tertiary/aromatic N) is 3. The quantitative estimate of drug-likeness (QED) is 0.774. The largest absolute Gasteiger partial charge is 0.339 e. The fraction of sp³-hybridized carbons (Fsp3) is 0.333. The Kier molecular flexibility index (Phi) is 6.12. The van der Waals surface area contributed by atoms with Crippen LogP contribution < -0.4 is 10.2 Å². The van der Waals surface area contributed by atoms with Gasteiger partial charge in [0.15, 0.2) is 5.13 Å². The third-order valence-electron chi connectivity index (χ3n) is 3.89. The topological polar surface area (TPSA) is 82.6 Å². The van der Waals surface area contributed by atoms with E-state index in [2.05, 4.69) is 10.3 Å². The lowest BCUT2D eigenvalue weighted by atomic mass is 10.3. The number of aromatic nitrogens is 1. The number of benzene rings is 1. The normalized spacial score (nSPS) is 13.7. The van der Waals surface area contributed by atoms with Crippen LogP contribution in [0.3, 0.4) is 0 Å². The van der Waals surface area contributed by atoms with E-state index >= 15 is 0 Å². The molecule has 0 aliphatic carbocycles. The number of thioether (sulfide) groups is 1. The summed E-state index contributed by atoms with van der Waals surface area (Å²) in [5, 5.41) is 5.24. The van der Waals surface area contributed by atoms with Gasteiger partial charge < -0.3 is 10.2 Å². The number of nitrogens with one attached hydrogen (secondary N) is 1. The maximum Gasteiger partial charge on any atom is 0.285 e. The highest BCUT2D eigenvalue weighted by atomic mass is 32.2. The summed E-state index contributed by atoms with van der Waals surface area (Å²) in [5.41, 5.74) is 1.31. The smallest absolute Gasteiger partial charge is 0.285 e. The van der Waals surface area contributed by atoms with Crippen LogP contribution in [0.1, 0.15) is 18.5 Å². The monoisotopic (exact) mass is 404 g/mol. The van der Waals surface area contributed by atoms with E-state index in [1.807, 2.05) is 5.38 Å². The Balaban J connectivity index is 1.54. The van der Waals surface area contributed by atoms with Gasteiger partial charge in [0.1, 0.15) is 0 Å². The molecular formula is C18H20N4O3S2. The maximum absolute atomic E-state index is 12.2. The molecule has 1 aliphatic heterocycles. The molecular weight excluding hydrogens is 384 g/mol. The fourth-order valence-corrected chi connectivity index (χ4v) is 4.04. The minimum absolute atomic E-state index is 0.0531. The van der Waals surface area contributed by atoms with Gasteiger partial charge in [0, 0.05) is 43.0 Å². The summed E-state index contributed by atoms with van der Waals surface area (Å²) in [6, 6.07) is 7.11. The number of carbonyl (C=O) groups excluding carboxylic acids is 3. The lowest BCUT2D eigenvalue weighted by Crippen LogP contribution is -2.23. The molecule has 3 amide bonds. The van der Waals surface area contributed by atoms with Crippen molar-refractivity contribution in [2.24, 2.45) is 0 Å². The SMILES string of the molecule is CN(C)C(=O)Sc1ccc(NC(=O)Cc2csc(N3CCCC3=O)n2)cc1. The van der Waals surface area contributed by atoms with Crippen LogP contribution in [0.4, 0.5) is 15.6 Å². The molecule has 1 fully saturated rings. The third-order valence-corrected chi connectivity index (χ3v) is 5.85. The zero-order chi connectivity index (χ0) is 19.4. The zero-order valence-corrected chi connectivity index (χ0v) is 16.7. The summed E-state index contributed by atoms with van der Waals surface area (Å²) >= 11 is 2.51. The summed E-state index contributed by atoms with van der Waals surface area (Å²) < 4.78 is 0. The van der Waals surface area contributed by atoms with Gasteiger partial charge in [0.2, 0.25) is 11.8 Å². The number of carbonyl (C=O) groups is 3. The van der Waals surface area contributed by atoms with Gasteiger partial charge in [0.25, 0.3) is 5.24 Å². The molecule has 2 heterocycles. The van der Waals surface area contributed by atoms with E-state index in [-0.39, 0.29) is 23.5 Å². The lowest BCUT2D eigenvalue weighted by Gasteiger charge is -2.10. The molecule has 1 aromatic carbocycles. The van der Waals surface area contributed by atoms with Gasteiger partial charge in [0.05, 0.1) is 12.1 Å². The van der Waals surface area contributed by atoms with Crippen LogP contribution in [0.5, 0.6) is 0 Å². The average molecular weight is 405 g/mol. The number of hydrogen-bond acceptors (Lipinski definition) is 6. The molecule has 2 aromatic rings. The molecule has 1 saturated heterocycles. The van der Waals surface area contributed by atoms with E-state index in [0.717, 1.165) is 23.1 Å². The summed E-state index contributed by atoms with van der Waals surface area (Å²) in [4.78, 5) is 44.1. The van der Waals surface area contributed by atoms with E-state index in [0.29, 0.717) is 29.5 Å². The van der Waals surface area contributed by atoms with Gasteiger partial charge in [-0.05, 0) is 42.4 Å². The van der Waals surface area contributed by atoms with E-state index in [4.69, 9.17) is 0 Å². The number of rotatable bonds is 5. The molecule has 0 bridgehead atoms. The number of hydrogen-bond donors (Lipinski definition) is 1. The summed E-state index contributed by atoms with van der Waals surface area (Å²) in [6.07, 6.45) is 1.56. The number of amides is 3. The zero-order valence-electron chi connectivity index (χ0n) is 15.1. The Morgan fingerprint density at radius 2 is 2.04 bits per heavy atom. The standard InChI is InChI=1S/C18H20N4O3S2/c1-21(2)18(25)27-14-7-5-12(6-8-14)19-15(23)10-13-11-26-17(20-13)22-9-3-4-16(22)24/h5-8,11H,3-4,9-10H2,1-2H3,(H,19,23). The van der Waals surface area contributed by atoms with E-state index in [1.165, 1.54) is 16.2 Å². The predicted octanol–water partition coefficient (Wildman–Crippen LogP) is 3.22. The molecule has 1 aliphatic rings. The van der Waals surface area contributed by atoms with E-state index in [9.17, 15) is 14.4 Å². The van der Waals surface area contributed by atoms with Crippen LogP contribution in [0.2, 0.25) is 0 Å². The molecule has 0 atom stereocenters. The Bertz CT molecular complexity index is 849. The van der Waals surface area contributed by atoms with Gasteiger partial charge >= 0.3 is 0 Å². The van der Waals surface area contributed by atoms with Crippen molar-refractivity contribution in [1.82, 2.24) is 9.88 Å². The van der Waals surface area contributed by atoms with Crippen LogP contribution in [-0.4, -0.2) is 47.6 Å². The Morgan fingerprint density at radius 1 is 1.30 bits per heavy atom. The Labute approximate surface area is 165 Å². The van der Waals surface area contributed by atoms with Crippen molar-refractivity contribution in [2.45, 2.75) is 24.2 Å². The molecule has 9 heteroatoms. The first-order valence-electron chi connectivity index (χ1n) is 8.46. The molecule has 1 aromatic heterocycles. The lowest BCUT2D eigenvalue weighted by molar-refractivity contribution is -0.117. The van der Waals surface area contributed by atoms with Crippen LogP contribution >= 0.6 is 23.1 Å². The van der Waals surface area contributed by atoms with Crippen LogP contribution in [0.25, 0.3) is 0 Å². The summed E-state index contributed by atoms with van der Waals surface area (Å²) in [5.74, 6) is -0.0876. The highest BCUT2D eigenvalue weighted by Gasteiger charge is 2.24. The average Bonchev–Trinajstić information content (AvgIpc) is 3.25. The molecule has 0 saturated carbocycles. The number of anilines is 2. The second kappa shape index (κ2) is 8.53. The minimum atomic E-state index is -0.177. The second-order valence-corrected chi connectivity index (χ2v) is 8.14. The molecule has 27 heavy (non-hydrogen) atoms. The van der Waals surface area contributed by atoms with E-state index in [1.54, 1.807) is 43.3 Å². The highest BCUT2D eigenvalue weighted by Crippen LogP contribution is 2.26. The second-order valence-electron chi connectivity index (χ2n) is 6.28. The molecule has 3 rings (SSSR count). The summed E-state index contributed by atoms with van der Waals surface area (Å²) in [7, 11) is 3.40. The molecule has 1 N–H and O–H groups in total. The highest BCUT2D eigenvalue weighted by molar-refractivity contribution is 8.13. The van der Waals surface area contributed by atoms with Gasteiger partial charge in [-0.2, -0.15) is 0 Å². The molecule has 142 valence electrons. The van der Waals surface area contributed by atoms with Crippen molar-refractivity contribution in [3.63, 3.8) is 0 Å². The first-order chi connectivity index (χ1) is 12.9. The Morgan fingerprint density at radius 3 is 2.67 bits per heavy atom. The van der Waals surface area contributed by atoms with E-state index < -0.39 is 0 Å². The van der Waals surface area contributed by atoms with Crippen molar-refractivity contribution >= 4 is 51.0 Å². The molecule has 0 radical (unpaired) electrons. The fourth-order valence-electron chi connectivity index (χ4n) is 2.52. The predicted molar refractivity (Wildman–Crippen MR) is 107 cm³/mol. The van der Waals surface area contributed by atoms with Crippen LogP contribution in [-0.2, 0) is 16.0 Å². The van der Waals surface area contributed by atoms with Crippen LogP contribution in [0.15, 0.2) is 34.5 Å².